The molecule has 0 aliphatic rings. The molecule has 0 saturated carbocycles. The first-order valence-corrected chi connectivity index (χ1v) is 5.47. The van der Waals surface area contributed by atoms with E-state index in [1.807, 2.05) is 0 Å². The van der Waals surface area contributed by atoms with Gasteiger partial charge in [-0.25, -0.2) is 0 Å². The van der Waals surface area contributed by atoms with Crippen LogP contribution in [0.15, 0.2) is 0 Å². The minimum absolute atomic E-state index is 0.322. The van der Waals surface area contributed by atoms with Gasteiger partial charge in [-0.05, 0) is 26.3 Å². The quantitative estimate of drug-likeness (QED) is 0.561. The molecule has 0 aromatic rings. The van der Waals surface area contributed by atoms with E-state index >= 15 is 0 Å². The van der Waals surface area contributed by atoms with Crippen molar-refractivity contribution in [2.75, 3.05) is 6.54 Å². The predicted molar refractivity (Wildman–Crippen MR) is 56.7 cm³/mol. The number of hydrogen-bond donors (Lipinski definition) is 1. The average molecular weight is 185 g/mol. The first-order chi connectivity index (χ1) is 6.27. The zero-order chi connectivity index (χ0) is 9.94. The van der Waals surface area contributed by atoms with Crippen LogP contribution < -0.4 is 5.73 Å². The van der Waals surface area contributed by atoms with E-state index in [0.717, 1.165) is 25.8 Å². The van der Waals surface area contributed by atoms with E-state index in [9.17, 15) is 4.79 Å². The smallest absolute Gasteiger partial charge is 0.129 e. The highest BCUT2D eigenvalue weighted by Crippen LogP contribution is 2.08. The largest absolute Gasteiger partial charge is 0.330 e. The second-order valence-electron chi connectivity index (χ2n) is 3.72. The maximum absolute atomic E-state index is 10.6. The van der Waals surface area contributed by atoms with Crippen molar-refractivity contribution in [3.63, 3.8) is 0 Å². The Labute approximate surface area is 81.9 Å². The highest BCUT2D eigenvalue weighted by atomic mass is 16.1. The Hall–Kier alpha value is -0.370. The van der Waals surface area contributed by atoms with Gasteiger partial charge in [0.1, 0.15) is 5.78 Å². The summed E-state index contributed by atoms with van der Waals surface area (Å²) in [5.74, 6) is 0.322. The number of nitrogens with two attached hydrogens (primary N) is 1. The standard InChI is InChI=1S/C11H23NO/c1-11(13)9-7-5-3-2-4-6-8-10-12/h2-10,12H2,1H3. The zero-order valence-corrected chi connectivity index (χ0v) is 8.85. The van der Waals surface area contributed by atoms with E-state index in [2.05, 4.69) is 0 Å². The van der Waals surface area contributed by atoms with Crippen LogP contribution in [-0.2, 0) is 4.79 Å². The van der Waals surface area contributed by atoms with E-state index in [-0.39, 0.29) is 0 Å². The summed E-state index contributed by atoms with van der Waals surface area (Å²) < 4.78 is 0. The predicted octanol–water partition coefficient (Wildman–Crippen LogP) is 2.65. The van der Waals surface area contributed by atoms with Crippen molar-refractivity contribution in [2.24, 2.45) is 5.73 Å². The van der Waals surface area contributed by atoms with E-state index in [4.69, 9.17) is 5.73 Å². The van der Waals surface area contributed by atoms with Crippen LogP contribution in [0, 0.1) is 0 Å². The third-order valence-electron chi connectivity index (χ3n) is 2.23. The van der Waals surface area contributed by atoms with Crippen molar-refractivity contribution < 1.29 is 4.79 Å². The molecule has 0 saturated heterocycles. The number of ketones is 1. The SMILES string of the molecule is CC(=O)CCCCCCCCCN. The van der Waals surface area contributed by atoms with E-state index in [1.54, 1.807) is 6.92 Å². The van der Waals surface area contributed by atoms with Crippen LogP contribution in [0.25, 0.3) is 0 Å². The Balaban J connectivity index is 2.87. The zero-order valence-electron chi connectivity index (χ0n) is 8.85. The molecule has 2 N–H and O–H groups in total. The second-order valence-corrected chi connectivity index (χ2v) is 3.72. The van der Waals surface area contributed by atoms with Crippen molar-refractivity contribution >= 4 is 5.78 Å². The lowest BCUT2D eigenvalue weighted by Gasteiger charge is -1.99. The molecule has 0 aromatic heterocycles. The molecule has 0 amide bonds. The van der Waals surface area contributed by atoms with E-state index < -0.39 is 0 Å². The molecule has 13 heavy (non-hydrogen) atoms. The monoisotopic (exact) mass is 185 g/mol. The molecular formula is C11H23NO. The number of hydrogen-bond acceptors (Lipinski definition) is 2. The van der Waals surface area contributed by atoms with Gasteiger partial charge in [-0.1, -0.05) is 32.1 Å². The molecule has 0 heterocycles. The van der Waals surface area contributed by atoms with Crippen molar-refractivity contribution in [1.29, 1.82) is 0 Å². The lowest BCUT2D eigenvalue weighted by atomic mass is 10.1. The Morgan fingerprint density at radius 3 is 1.85 bits per heavy atom. The van der Waals surface area contributed by atoms with Crippen LogP contribution in [0.4, 0.5) is 0 Å². The fraction of sp³-hybridized carbons (Fsp3) is 0.909. The average Bonchev–Trinajstić information content (AvgIpc) is 2.09. The number of rotatable bonds is 9. The number of carbonyl (C=O) groups excluding carboxylic acids is 1. The van der Waals surface area contributed by atoms with Gasteiger partial charge in [-0.2, -0.15) is 0 Å². The highest BCUT2D eigenvalue weighted by molar-refractivity contribution is 5.75. The Bertz CT molecular complexity index is 123. The summed E-state index contributed by atoms with van der Waals surface area (Å²) in [6, 6.07) is 0. The molecule has 2 heteroatoms. The van der Waals surface area contributed by atoms with Gasteiger partial charge in [0.15, 0.2) is 0 Å². The number of Topliss-reactive ketones (excluding diaryl/α,β-unsaturated/α-hetero) is 1. The number of carbonyl (C=O) groups is 1. The molecule has 78 valence electrons. The minimum Gasteiger partial charge on any atom is -0.330 e. The molecule has 0 bridgehead atoms. The molecule has 0 aliphatic carbocycles. The van der Waals surface area contributed by atoms with Crippen molar-refractivity contribution in [1.82, 2.24) is 0 Å². The van der Waals surface area contributed by atoms with E-state index in [1.165, 1.54) is 32.1 Å². The van der Waals surface area contributed by atoms with Crippen molar-refractivity contribution in [3.8, 4) is 0 Å². The van der Waals surface area contributed by atoms with Gasteiger partial charge >= 0.3 is 0 Å². The molecule has 0 atom stereocenters. The Morgan fingerprint density at radius 2 is 1.38 bits per heavy atom. The third kappa shape index (κ3) is 11.6. The highest BCUT2D eigenvalue weighted by Gasteiger charge is 1.94. The maximum Gasteiger partial charge on any atom is 0.129 e. The maximum atomic E-state index is 10.6. The van der Waals surface area contributed by atoms with Crippen molar-refractivity contribution in [3.05, 3.63) is 0 Å². The molecule has 0 aromatic carbocycles. The van der Waals surface area contributed by atoms with Crippen LogP contribution >= 0.6 is 0 Å². The molecule has 0 aliphatic heterocycles. The van der Waals surface area contributed by atoms with Gasteiger partial charge in [0.25, 0.3) is 0 Å². The van der Waals surface area contributed by atoms with Gasteiger partial charge in [-0.3, -0.25) is 0 Å². The van der Waals surface area contributed by atoms with Gasteiger partial charge in [0.2, 0.25) is 0 Å². The van der Waals surface area contributed by atoms with Crippen LogP contribution in [-0.4, -0.2) is 12.3 Å². The summed E-state index contributed by atoms with van der Waals surface area (Å²) in [7, 11) is 0. The van der Waals surface area contributed by atoms with Crippen LogP contribution in [0.5, 0.6) is 0 Å². The van der Waals surface area contributed by atoms with Gasteiger partial charge < -0.3 is 10.5 Å². The molecule has 0 radical (unpaired) electrons. The fourth-order valence-corrected chi connectivity index (χ4v) is 1.40. The van der Waals surface area contributed by atoms with Crippen LogP contribution in [0.3, 0.4) is 0 Å². The van der Waals surface area contributed by atoms with Crippen LogP contribution in [0.1, 0.15) is 58.3 Å². The molecule has 0 spiro atoms. The molecule has 0 unspecified atom stereocenters. The summed E-state index contributed by atoms with van der Waals surface area (Å²) in [4.78, 5) is 10.6. The molecular weight excluding hydrogens is 162 g/mol. The minimum atomic E-state index is 0.322. The van der Waals surface area contributed by atoms with E-state index in [0.29, 0.717) is 5.78 Å². The normalized spacial score (nSPS) is 10.3. The molecule has 2 nitrogen and oxygen atoms in total. The summed E-state index contributed by atoms with van der Waals surface area (Å²) >= 11 is 0. The van der Waals surface area contributed by atoms with Gasteiger partial charge in [-0.15, -0.1) is 0 Å². The van der Waals surface area contributed by atoms with Gasteiger partial charge in [0, 0.05) is 6.42 Å². The summed E-state index contributed by atoms with van der Waals surface area (Å²) in [6.07, 6.45) is 9.36. The lowest BCUT2D eigenvalue weighted by molar-refractivity contribution is -0.117. The topological polar surface area (TPSA) is 43.1 Å². The fourth-order valence-electron chi connectivity index (χ4n) is 1.40. The summed E-state index contributed by atoms with van der Waals surface area (Å²) in [5, 5.41) is 0. The van der Waals surface area contributed by atoms with Crippen LogP contribution in [0.2, 0.25) is 0 Å². The third-order valence-corrected chi connectivity index (χ3v) is 2.23. The van der Waals surface area contributed by atoms with Gasteiger partial charge in [0.05, 0.1) is 0 Å². The van der Waals surface area contributed by atoms with Crippen molar-refractivity contribution in [2.45, 2.75) is 58.3 Å². The molecule has 0 rings (SSSR count). The first kappa shape index (κ1) is 12.6. The first-order valence-electron chi connectivity index (χ1n) is 5.47. The Morgan fingerprint density at radius 1 is 0.923 bits per heavy atom. The number of unbranched alkanes of at least 4 members (excludes halogenated alkanes) is 6. The lowest BCUT2D eigenvalue weighted by Crippen LogP contribution is -1.97. The second kappa shape index (κ2) is 9.72. The summed E-state index contributed by atoms with van der Waals surface area (Å²) in [6.45, 7) is 2.49. The Kier molecular flexibility index (Phi) is 9.44. The summed E-state index contributed by atoms with van der Waals surface area (Å²) in [5.41, 5.74) is 5.39. The molecule has 0 fully saturated rings.